The van der Waals surface area contributed by atoms with Crippen molar-refractivity contribution in [3.63, 3.8) is 0 Å². The van der Waals surface area contributed by atoms with E-state index < -0.39 is 43.3 Å². The molecule has 1 aliphatic heterocycles. The Morgan fingerprint density at radius 1 is 0.662 bits per heavy atom. The summed E-state index contributed by atoms with van der Waals surface area (Å²) < 4.78 is 59.2. The quantitative estimate of drug-likeness (QED) is 0.0923. The van der Waals surface area contributed by atoms with Crippen LogP contribution in [0.1, 0.15) is 122 Å². The van der Waals surface area contributed by atoms with Gasteiger partial charge in [0, 0.05) is 31.0 Å². The summed E-state index contributed by atoms with van der Waals surface area (Å²) in [6.45, 7) is 50.0. The van der Waals surface area contributed by atoms with Gasteiger partial charge in [-0.3, -0.25) is 9.62 Å². The Balaban J connectivity index is 1.61. The van der Waals surface area contributed by atoms with Crippen LogP contribution < -0.4 is 10.0 Å². The standard InChI is InChI=1S/C49H93N5O6SSi4/c1-46(2,3)62(13,14)57-36-41-43(59-64(17,18)48(7,8)9)44(60-65(19,20)49(10,11)12)42(58-63(15,16)47(4,5)6)35-54(41)33-24-22-21-23-30-50-39-29-26-37(45-51-31-25-32-52-45)34-40(39)53-61(55,56)38-27-28-38/h25-26,29,31-32,34,38,41-44,50,53H,21-24,27-28,30,33,35-36H2,1-20H3/t41-,42?,43?,44?/m0/s1. The number of likely N-dealkylation sites (tertiary alicyclic amines) is 1. The van der Waals surface area contributed by atoms with Gasteiger partial charge in [-0.1, -0.05) is 95.9 Å². The van der Waals surface area contributed by atoms with E-state index in [-0.39, 0.29) is 49.8 Å². The molecule has 1 aromatic heterocycles. The zero-order valence-electron chi connectivity index (χ0n) is 44.6. The van der Waals surface area contributed by atoms with Crippen LogP contribution in [0.2, 0.25) is 72.5 Å². The topological polar surface area (TPSA) is 124 Å². The number of anilines is 2. The lowest BCUT2D eigenvalue weighted by atomic mass is 9.94. The maximum absolute atomic E-state index is 13.1. The van der Waals surface area contributed by atoms with Crippen molar-refractivity contribution in [3.05, 3.63) is 36.7 Å². The second-order valence-electron chi connectivity index (χ2n) is 25.3. The van der Waals surface area contributed by atoms with Crippen LogP contribution in [0, 0.1) is 0 Å². The van der Waals surface area contributed by atoms with E-state index in [1.54, 1.807) is 18.5 Å². The maximum Gasteiger partial charge on any atom is 0.235 e. The highest BCUT2D eigenvalue weighted by Gasteiger charge is 2.55. The highest BCUT2D eigenvalue weighted by Crippen LogP contribution is 2.46. The fourth-order valence-electron chi connectivity index (χ4n) is 7.06. The second kappa shape index (κ2) is 20.9. The number of nitrogens with zero attached hydrogens (tertiary/aromatic N) is 3. The van der Waals surface area contributed by atoms with E-state index in [1.807, 2.05) is 18.2 Å². The summed E-state index contributed by atoms with van der Waals surface area (Å²) in [6.07, 6.45) is 8.29. The van der Waals surface area contributed by atoms with Crippen molar-refractivity contribution in [1.29, 1.82) is 0 Å². The van der Waals surface area contributed by atoms with Gasteiger partial charge in [0.15, 0.2) is 39.1 Å². The molecule has 1 saturated carbocycles. The molecule has 0 bridgehead atoms. The zero-order valence-corrected chi connectivity index (χ0v) is 49.4. The third-order valence-electron chi connectivity index (χ3n) is 15.8. The molecule has 2 N–H and O–H groups in total. The summed E-state index contributed by atoms with van der Waals surface area (Å²) in [5.41, 5.74) is 2.07. The van der Waals surface area contributed by atoms with Gasteiger partial charge in [-0.2, -0.15) is 0 Å². The van der Waals surface area contributed by atoms with E-state index in [0.29, 0.717) is 31.0 Å². The van der Waals surface area contributed by atoms with Crippen LogP contribution in [0.5, 0.6) is 0 Å². The number of aromatic nitrogens is 2. The van der Waals surface area contributed by atoms with Crippen molar-refractivity contribution in [2.45, 2.75) is 224 Å². The van der Waals surface area contributed by atoms with Crippen molar-refractivity contribution < 1.29 is 26.1 Å². The fourth-order valence-corrected chi connectivity index (χ4v) is 13.4. The molecule has 1 saturated heterocycles. The van der Waals surface area contributed by atoms with Gasteiger partial charge < -0.3 is 23.0 Å². The predicted molar refractivity (Wildman–Crippen MR) is 285 cm³/mol. The Labute approximate surface area is 401 Å². The Hall–Kier alpha value is -1.48. The summed E-state index contributed by atoms with van der Waals surface area (Å²) >= 11 is 0. The molecule has 16 heteroatoms. The minimum Gasteiger partial charge on any atom is -0.415 e. The van der Waals surface area contributed by atoms with Gasteiger partial charge >= 0.3 is 0 Å². The average Bonchev–Trinajstić information content (AvgIpc) is 4.01. The number of sulfonamides is 1. The van der Waals surface area contributed by atoms with Gasteiger partial charge in [0.1, 0.15) is 0 Å². The van der Waals surface area contributed by atoms with Crippen LogP contribution in [-0.4, -0.2) is 112 Å². The summed E-state index contributed by atoms with van der Waals surface area (Å²) in [5, 5.41) is 3.35. The normalized spacial score (nSPS) is 21.4. The van der Waals surface area contributed by atoms with Gasteiger partial charge in [0.25, 0.3) is 0 Å². The number of piperidine rings is 1. The molecular weight excluding hydrogens is 899 g/mol. The van der Waals surface area contributed by atoms with Crippen molar-refractivity contribution >= 4 is 54.7 Å². The maximum atomic E-state index is 13.1. The largest absolute Gasteiger partial charge is 0.415 e. The molecule has 2 aliphatic rings. The van der Waals surface area contributed by atoms with E-state index in [1.165, 1.54) is 0 Å². The smallest absolute Gasteiger partial charge is 0.235 e. The second-order valence-corrected chi connectivity index (χ2v) is 46.3. The van der Waals surface area contributed by atoms with E-state index in [4.69, 9.17) is 17.7 Å². The Morgan fingerprint density at radius 2 is 1.17 bits per heavy atom. The first-order chi connectivity index (χ1) is 29.5. The fraction of sp³-hybridized carbons (Fsp3) is 0.796. The van der Waals surface area contributed by atoms with Crippen LogP contribution in [-0.2, 0) is 27.7 Å². The molecule has 0 amide bonds. The van der Waals surface area contributed by atoms with E-state index >= 15 is 0 Å². The average molecular weight is 993 g/mol. The van der Waals surface area contributed by atoms with Gasteiger partial charge in [-0.05, 0) is 129 Å². The molecule has 0 radical (unpaired) electrons. The third kappa shape index (κ3) is 14.8. The Kier molecular flexibility index (Phi) is 18.0. The molecule has 65 heavy (non-hydrogen) atoms. The minimum atomic E-state index is -3.46. The molecule has 372 valence electrons. The van der Waals surface area contributed by atoms with Gasteiger partial charge in [0.2, 0.25) is 10.0 Å². The van der Waals surface area contributed by atoms with Crippen molar-refractivity contribution in [1.82, 2.24) is 14.9 Å². The summed E-state index contributed by atoms with van der Waals surface area (Å²) in [5.74, 6) is 0.558. The van der Waals surface area contributed by atoms with Crippen LogP contribution in [0.15, 0.2) is 36.7 Å². The Morgan fingerprint density at radius 3 is 1.69 bits per heavy atom. The van der Waals surface area contributed by atoms with Gasteiger partial charge in [-0.25, -0.2) is 18.4 Å². The first kappa shape index (κ1) is 56.1. The van der Waals surface area contributed by atoms with Crippen molar-refractivity contribution in [2.75, 3.05) is 36.3 Å². The van der Waals surface area contributed by atoms with Crippen molar-refractivity contribution in [3.8, 4) is 11.4 Å². The molecule has 2 aromatic rings. The molecule has 11 nitrogen and oxygen atoms in total. The first-order valence-corrected chi connectivity index (χ1v) is 37.8. The summed E-state index contributed by atoms with van der Waals surface area (Å²) in [7, 11) is -12.4. The number of unbranched alkanes of at least 4 members (excludes halogenated alkanes) is 3. The lowest BCUT2D eigenvalue weighted by Gasteiger charge is -2.56. The number of rotatable bonds is 21. The third-order valence-corrected chi connectivity index (χ3v) is 35.7. The SMILES string of the molecule is CC(C)(C)[Si](C)(C)OC[C@H]1C(O[Si](C)(C)C(C)(C)C)C(O[Si](C)(C)C(C)(C)C)C(O[Si](C)(C)C(C)(C)C)CN1CCCCCCNc1ccc(-c2ncccn2)cc1NS(=O)(=O)C1CC1. The molecule has 2 fully saturated rings. The molecule has 1 aromatic carbocycles. The van der Waals surface area contributed by atoms with E-state index in [9.17, 15) is 8.42 Å². The lowest BCUT2D eigenvalue weighted by Crippen LogP contribution is -2.70. The number of hydrogen-bond donors (Lipinski definition) is 2. The molecule has 3 unspecified atom stereocenters. The van der Waals surface area contributed by atoms with E-state index in [2.05, 4.69) is 160 Å². The highest BCUT2D eigenvalue weighted by atomic mass is 32.2. The summed E-state index contributed by atoms with van der Waals surface area (Å²) in [6, 6.07) is 7.51. The monoisotopic (exact) mass is 992 g/mol. The summed E-state index contributed by atoms with van der Waals surface area (Å²) in [4.78, 5) is 11.4. The molecule has 1 aliphatic carbocycles. The highest BCUT2D eigenvalue weighted by molar-refractivity contribution is 7.93. The van der Waals surface area contributed by atoms with Crippen molar-refractivity contribution in [2.24, 2.45) is 0 Å². The minimum absolute atomic E-state index is 0.00606. The lowest BCUT2D eigenvalue weighted by molar-refractivity contribution is -0.128. The molecular formula is C49H93N5O6SSi4. The van der Waals surface area contributed by atoms with Crippen LogP contribution in [0.4, 0.5) is 11.4 Å². The number of hydrogen-bond acceptors (Lipinski definition) is 10. The predicted octanol–water partition coefficient (Wildman–Crippen LogP) is 12.9. The van der Waals surface area contributed by atoms with E-state index in [0.717, 1.165) is 56.6 Å². The number of benzene rings is 1. The Bertz CT molecular complexity index is 1960. The molecule has 0 spiro atoms. The van der Waals surface area contributed by atoms with Crippen LogP contribution >= 0.6 is 0 Å². The van der Waals surface area contributed by atoms with Gasteiger partial charge in [-0.15, -0.1) is 0 Å². The zero-order chi connectivity index (χ0) is 49.2. The first-order valence-electron chi connectivity index (χ1n) is 24.6. The van der Waals surface area contributed by atoms with Gasteiger partial charge in [0.05, 0.1) is 47.6 Å². The van der Waals surface area contributed by atoms with Crippen LogP contribution in [0.3, 0.4) is 0 Å². The van der Waals surface area contributed by atoms with Crippen LogP contribution in [0.25, 0.3) is 11.4 Å². The molecule has 4 rings (SSSR count). The molecule has 4 atom stereocenters. The molecule has 2 heterocycles. The number of nitrogens with one attached hydrogen (secondary N) is 2.